The Morgan fingerprint density at radius 2 is 1.42 bits per heavy atom. The Balaban J connectivity index is 2.05. The third-order valence-electron chi connectivity index (χ3n) is 5.65. The number of rotatable bonds is 3. The van der Waals surface area contributed by atoms with Crippen LogP contribution in [0.2, 0.25) is 0 Å². The number of carbonyl (C=O) groups excluding carboxylic acids is 1. The molecule has 0 aromatic carbocycles. The van der Waals surface area contributed by atoms with Crippen LogP contribution in [0.15, 0.2) is 11.8 Å². The van der Waals surface area contributed by atoms with Gasteiger partial charge in [-0.1, -0.05) is 34.1 Å². The predicted octanol–water partition coefficient (Wildman–Crippen LogP) is 4.79. The lowest BCUT2D eigenvalue weighted by atomic mass is 9.63. The average molecular weight is 264 g/mol. The summed E-state index contributed by atoms with van der Waals surface area (Å²) in [6.45, 7) is 8.68. The minimum Gasteiger partial charge on any atom is -0.512 e. The van der Waals surface area contributed by atoms with Crippen molar-refractivity contribution in [3.05, 3.63) is 11.8 Å². The summed E-state index contributed by atoms with van der Waals surface area (Å²) >= 11 is 0. The average Bonchev–Trinajstić information content (AvgIpc) is 2.30. The second-order valence-electron chi connectivity index (χ2n) is 8.03. The van der Waals surface area contributed by atoms with E-state index in [-0.39, 0.29) is 16.6 Å². The third kappa shape index (κ3) is 2.88. The van der Waals surface area contributed by atoms with Gasteiger partial charge >= 0.3 is 0 Å². The van der Waals surface area contributed by atoms with Gasteiger partial charge in [0.05, 0.1) is 0 Å². The van der Waals surface area contributed by atoms with Gasteiger partial charge in [-0.2, -0.15) is 0 Å². The Hall–Kier alpha value is -0.790. The molecule has 0 saturated heterocycles. The van der Waals surface area contributed by atoms with E-state index in [1.807, 2.05) is 0 Å². The molecule has 1 N–H and O–H groups in total. The Labute approximate surface area is 117 Å². The maximum Gasteiger partial charge on any atom is 0.164 e. The topological polar surface area (TPSA) is 37.3 Å². The fourth-order valence-electron chi connectivity index (χ4n) is 3.16. The van der Waals surface area contributed by atoms with E-state index in [1.165, 1.54) is 6.08 Å². The first-order valence-corrected chi connectivity index (χ1v) is 7.63. The number of aliphatic hydroxyl groups is 1. The second-order valence-corrected chi connectivity index (χ2v) is 8.03. The molecule has 19 heavy (non-hydrogen) atoms. The van der Waals surface area contributed by atoms with E-state index < -0.39 is 0 Å². The van der Waals surface area contributed by atoms with E-state index in [0.29, 0.717) is 11.2 Å². The Kier molecular flexibility index (Phi) is 3.57. The van der Waals surface area contributed by atoms with Crippen molar-refractivity contribution < 1.29 is 9.90 Å². The Morgan fingerprint density at radius 1 is 0.895 bits per heavy atom. The van der Waals surface area contributed by atoms with E-state index in [9.17, 15) is 9.90 Å². The molecule has 0 atom stereocenters. The highest BCUT2D eigenvalue weighted by Crippen LogP contribution is 2.48. The highest BCUT2D eigenvalue weighted by molar-refractivity contribution is 5.95. The number of hydrogen-bond acceptors (Lipinski definition) is 2. The lowest BCUT2D eigenvalue weighted by Crippen LogP contribution is -2.35. The molecule has 2 aliphatic carbocycles. The SMILES string of the molecule is CC1(C)CCC(C)(C(=O)C=C(O)C2(C)CCC2)CC1. The van der Waals surface area contributed by atoms with Crippen molar-refractivity contribution >= 4 is 5.78 Å². The standard InChI is InChI=1S/C17H28O2/c1-15(2)8-10-17(4,11-9-15)14(19)12-13(18)16(3)6-5-7-16/h12,18H,5-11H2,1-4H3. The molecule has 0 aromatic heterocycles. The summed E-state index contributed by atoms with van der Waals surface area (Å²) < 4.78 is 0. The van der Waals surface area contributed by atoms with Crippen LogP contribution in [0.4, 0.5) is 0 Å². The highest BCUT2D eigenvalue weighted by atomic mass is 16.3. The first kappa shape index (κ1) is 14.6. The summed E-state index contributed by atoms with van der Waals surface area (Å²) in [5, 5.41) is 10.2. The van der Waals surface area contributed by atoms with Crippen LogP contribution in [0.3, 0.4) is 0 Å². The Morgan fingerprint density at radius 3 is 1.84 bits per heavy atom. The van der Waals surface area contributed by atoms with E-state index in [2.05, 4.69) is 27.7 Å². The van der Waals surface area contributed by atoms with Crippen molar-refractivity contribution in [2.75, 3.05) is 0 Å². The highest BCUT2D eigenvalue weighted by Gasteiger charge is 2.41. The molecule has 0 radical (unpaired) electrons. The van der Waals surface area contributed by atoms with Crippen LogP contribution in [0, 0.1) is 16.2 Å². The van der Waals surface area contributed by atoms with Crippen LogP contribution in [0.5, 0.6) is 0 Å². The maximum atomic E-state index is 12.5. The molecule has 0 unspecified atom stereocenters. The number of allylic oxidation sites excluding steroid dienone is 2. The first-order valence-electron chi connectivity index (χ1n) is 7.63. The van der Waals surface area contributed by atoms with Crippen molar-refractivity contribution in [3.8, 4) is 0 Å². The van der Waals surface area contributed by atoms with Crippen LogP contribution in [-0.2, 0) is 4.79 Å². The second kappa shape index (κ2) is 4.64. The molecule has 108 valence electrons. The molecular formula is C17H28O2. The zero-order valence-corrected chi connectivity index (χ0v) is 12.9. The molecule has 2 heteroatoms. The molecule has 0 bridgehead atoms. The Bertz CT molecular complexity index is 389. The minimum absolute atomic E-state index is 0.125. The zero-order chi connectivity index (χ0) is 14.3. The van der Waals surface area contributed by atoms with Crippen molar-refractivity contribution in [1.29, 1.82) is 0 Å². The van der Waals surface area contributed by atoms with Gasteiger partial charge in [0.15, 0.2) is 5.78 Å². The van der Waals surface area contributed by atoms with Crippen molar-refractivity contribution in [1.82, 2.24) is 0 Å². The predicted molar refractivity (Wildman–Crippen MR) is 78.0 cm³/mol. The van der Waals surface area contributed by atoms with Crippen LogP contribution in [0.1, 0.15) is 72.6 Å². The summed E-state index contributed by atoms with van der Waals surface area (Å²) in [7, 11) is 0. The van der Waals surface area contributed by atoms with E-state index in [1.54, 1.807) is 0 Å². The molecule has 0 spiro atoms. The summed E-state index contributed by atoms with van der Waals surface area (Å²) in [5.74, 6) is 0.448. The largest absolute Gasteiger partial charge is 0.512 e. The van der Waals surface area contributed by atoms with E-state index in [4.69, 9.17) is 0 Å². The molecule has 0 heterocycles. The summed E-state index contributed by atoms with van der Waals surface area (Å²) in [6, 6.07) is 0. The number of ketones is 1. The third-order valence-corrected chi connectivity index (χ3v) is 5.65. The molecule has 2 nitrogen and oxygen atoms in total. The lowest BCUT2D eigenvalue weighted by Gasteiger charge is -2.41. The monoisotopic (exact) mass is 264 g/mol. The minimum atomic E-state index is -0.260. The lowest BCUT2D eigenvalue weighted by molar-refractivity contribution is -0.126. The van der Waals surface area contributed by atoms with E-state index >= 15 is 0 Å². The van der Waals surface area contributed by atoms with Crippen LogP contribution in [0.25, 0.3) is 0 Å². The van der Waals surface area contributed by atoms with Crippen molar-refractivity contribution in [2.24, 2.45) is 16.2 Å². The van der Waals surface area contributed by atoms with Gasteiger partial charge in [-0.15, -0.1) is 0 Å². The number of aliphatic hydroxyl groups excluding tert-OH is 1. The summed E-state index contributed by atoms with van der Waals surface area (Å²) in [6.07, 6.45) is 8.80. The molecule has 0 amide bonds. The zero-order valence-electron chi connectivity index (χ0n) is 12.9. The molecule has 2 saturated carbocycles. The van der Waals surface area contributed by atoms with Crippen LogP contribution >= 0.6 is 0 Å². The van der Waals surface area contributed by atoms with Gasteiger partial charge < -0.3 is 5.11 Å². The van der Waals surface area contributed by atoms with Gasteiger partial charge in [0, 0.05) is 16.9 Å². The van der Waals surface area contributed by atoms with Gasteiger partial charge in [-0.05, 0) is 43.9 Å². The number of hydrogen-bond donors (Lipinski definition) is 1. The van der Waals surface area contributed by atoms with E-state index in [0.717, 1.165) is 44.9 Å². The van der Waals surface area contributed by atoms with Crippen LogP contribution in [-0.4, -0.2) is 10.9 Å². The number of carbonyl (C=O) groups is 1. The molecule has 2 fully saturated rings. The fourth-order valence-corrected chi connectivity index (χ4v) is 3.16. The smallest absolute Gasteiger partial charge is 0.164 e. The quantitative estimate of drug-likeness (QED) is 0.587. The molecule has 0 aliphatic heterocycles. The molecular weight excluding hydrogens is 236 g/mol. The van der Waals surface area contributed by atoms with Crippen LogP contribution < -0.4 is 0 Å². The van der Waals surface area contributed by atoms with Gasteiger partial charge in [-0.3, -0.25) is 4.79 Å². The molecule has 2 aliphatic rings. The molecule has 2 rings (SSSR count). The summed E-state index contributed by atoms with van der Waals surface area (Å²) in [4.78, 5) is 12.5. The normalized spacial score (nSPS) is 28.5. The van der Waals surface area contributed by atoms with Crippen molar-refractivity contribution in [2.45, 2.75) is 72.6 Å². The maximum absolute atomic E-state index is 12.5. The first-order chi connectivity index (χ1) is 8.67. The van der Waals surface area contributed by atoms with Gasteiger partial charge in [-0.25, -0.2) is 0 Å². The summed E-state index contributed by atoms with van der Waals surface area (Å²) in [5.41, 5.74) is -0.0188. The van der Waals surface area contributed by atoms with Gasteiger partial charge in [0.2, 0.25) is 0 Å². The van der Waals surface area contributed by atoms with Crippen molar-refractivity contribution in [3.63, 3.8) is 0 Å². The molecule has 0 aromatic rings. The van der Waals surface area contributed by atoms with Gasteiger partial charge in [0.25, 0.3) is 0 Å². The van der Waals surface area contributed by atoms with Gasteiger partial charge in [0.1, 0.15) is 5.76 Å². The fraction of sp³-hybridized carbons (Fsp3) is 0.824.